The summed E-state index contributed by atoms with van der Waals surface area (Å²) >= 11 is 0. The van der Waals surface area contributed by atoms with Crippen molar-refractivity contribution in [1.29, 1.82) is 0 Å². The molecular weight excluding hydrogens is 366 g/mol. The van der Waals surface area contributed by atoms with Gasteiger partial charge in [-0.1, -0.05) is 0 Å². The molecule has 2 saturated heterocycles. The Kier molecular flexibility index (Phi) is 5.03. The second-order valence-electron chi connectivity index (χ2n) is 7.88. The highest BCUT2D eigenvalue weighted by atomic mass is 16.5. The molecule has 0 saturated carbocycles. The molecule has 0 atom stereocenters. The number of aromatic amines is 1. The molecule has 0 aliphatic carbocycles. The van der Waals surface area contributed by atoms with Crippen molar-refractivity contribution in [3.05, 3.63) is 30.6 Å². The predicted octanol–water partition coefficient (Wildman–Crippen LogP) is 2.36. The van der Waals surface area contributed by atoms with Crippen LogP contribution in [-0.2, 0) is 4.74 Å². The summed E-state index contributed by atoms with van der Waals surface area (Å²) in [4.78, 5) is 13.9. The minimum atomic E-state index is 0.378. The van der Waals surface area contributed by atoms with Gasteiger partial charge in [-0.2, -0.15) is 5.10 Å². The van der Waals surface area contributed by atoms with Crippen LogP contribution in [0.1, 0.15) is 12.8 Å². The Bertz CT molecular complexity index is 974. The molecule has 0 bridgehead atoms. The van der Waals surface area contributed by atoms with E-state index in [9.17, 15) is 0 Å². The average molecular weight is 393 g/mol. The van der Waals surface area contributed by atoms with Crippen molar-refractivity contribution in [2.24, 2.45) is 0 Å². The number of pyridine rings is 2. The van der Waals surface area contributed by atoms with E-state index >= 15 is 0 Å². The second kappa shape index (κ2) is 7.96. The quantitative estimate of drug-likeness (QED) is 0.704. The van der Waals surface area contributed by atoms with Gasteiger partial charge in [-0.3, -0.25) is 5.10 Å². The van der Waals surface area contributed by atoms with Crippen molar-refractivity contribution >= 4 is 22.5 Å². The molecule has 2 aliphatic heterocycles. The molecule has 3 aromatic heterocycles. The lowest BCUT2D eigenvalue weighted by atomic mass is 10.1. The maximum absolute atomic E-state index is 5.49. The first-order valence-corrected chi connectivity index (χ1v) is 10.4. The first-order valence-electron chi connectivity index (χ1n) is 10.4. The summed E-state index contributed by atoms with van der Waals surface area (Å²) in [6.45, 7) is 5.69. The number of likely N-dealkylation sites (N-methyl/N-ethyl adjacent to an activating group) is 1. The fourth-order valence-electron chi connectivity index (χ4n) is 4.09. The highest BCUT2D eigenvalue weighted by Crippen LogP contribution is 2.33. The third-order valence-corrected chi connectivity index (χ3v) is 5.88. The number of anilines is 2. The van der Waals surface area contributed by atoms with Crippen LogP contribution in [0.4, 0.5) is 11.6 Å². The number of nitrogens with one attached hydrogen (secondary N) is 2. The van der Waals surface area contributed by atoms with Gasteiger partial charge in [0, 0.05) is 63.4 Å². The van der Waals surface area contributed by atoms with Gasteiger partial charge in [0.1, 0.15) is 17.3 Å². The molecule has 0 aromatic carbocycles. The number of aromatic nitrogens is 4. The molecule has 8 nitrogen and oxygen atoms in total. The van der Waals surface area contributed by atoms with Crippen LogP contribution < -0.4 is 10.2 Å². The van der Waals surface area contributed by atoms with Gasteiger partial charge in [0.2, 0.25) is 0 Å². The summed E-state index contributed by atoms with van der Waals surface area (Å²) in [5, 5.41) is 12.5. The topological polar surface area (TPSA) is 82.2 Å². The summed E-state index contributed by atoms with van der Waals surface area (Å²) in [5.41, 5.74) is 2.96. The summed E-state index contributed by atoms with van der Waals surface area (Å²) < 4.78 is 5.49. The van der Waals surface area contributed by atoms with Crippen molar-refractivity contribution in [2.45, 2.75) is 18.9 Å². The van der Waals surface area contributed by atoms with Crippen LogP contribution in [0.2, 0.25) is 0 Å². The number of hydrogen-bond donors (Lipinski definition) is 2. The SMILES string of the molecule is CN1CCN(c2cc(-c3n[nH]c4ccnc(NC5CCOCC5)c34)ccn2)CC1. The summed E-state index contributed by atoms with van der Waals surface area (Å²) in [6.07, 6.45) is 5.70. The number of rotatable bonds is 4. The highest BCUT2D eigenvalue weighted by Gasteiger charge is 2.20. The maximum atomic E-state index is 5.49. The molecule has 8 heteroatoms. The van der Waals surface area contributed by atoms with Crippen LogP contribution in [0, 0.1) is 0 Å². The van der Waals surface area contributed by atoms with E-state index in [1.807, 2.05) is 24.5 Å². The molecule has 2 fully saturated rings. The van der Waals surface area contributed by atoms with Gasteiger partial charge in [0.15, 0.2) is 0 Å². The standard InChI is InChI=1S/C21H27N7O/c1-27-8-10-28(11-9-27)18-14-15(2-6-22-18)20-19-17(25-26-20)3-7-23-21(19)24-16-4-12-29-13-5-16/h2-3,6-7,14,16H,4-5,8-13H2,1H3,(H,23,24)(H,25,26). The zero-order valence-corrected chi connectivity index (χ0v) is 16.8. The first-order chi connectivity index (χ1) is 14.3. The second-order valence-corrected chi connectivity index (χ2v) is 7.88. The van der Waals surface area contributed by atoms with Crippen molar-refractivity contribution in [2.75, 3.05) is 56.7 Å². The van der Waals surface area contributed by atoms with Crippen LogP contribution in [0.5, 0.6) is 0 Å². The maximum Gasteiger partial charge on any atom is 0.137 e. The smallest absolute Gasteiger partial charge is 0.137 e. The van der Waals surface area contributed by atoms with Gasteiger partial charge in [-0.25, -0.2) is 9.97 Å². The Morgan fingerprint density at radius 2 is 1.86 bits per heavy atom. The number of nitrogens with zero attached hydrogens (tertiary/aromatic N) is 5. The Labute approximate surface area is 170 Å². The van der Waals surface area contributed by atoms with Gasteiger partial charge in [-0.05, 0) is 38.1 Å². The predicted molar refractivity (Wildman–Crippen MR) is 114 cm³/mol. The monoisotopic (exact) mass is 393 g/mol. The normalized spacial score (nSPS) is 19.0. The number of hydrogen-bond acceptors (Lipinski definition) is 7. The zero-order chi connectivity index (χ0) is 19.6. The minimum Gasteiger partial charge on any atom is -0.381 e. The molecular formula is C21H27N7O. The Hall–Kier alpha value is -2.71. The molecule has 0 unspecified atom stereocenters. The molecule has 2 N–H and O–H groups in total. The fourth-order valence-corrected chi connectivity index (χ4v) is 4.09. The first kappa shape index (κ1) is 18.3. The molecule has 5 heterocycles. The van der Waals surface area contributed by atoms with E-state index in [-0.39, 0.29) is 0 Å². The number of fused-ring (bicyclic) bond motifs is 1. The van der Waals surface area contributed by atoms with Gasteiger partial charge >= 0.3 is 0 Å². The van der Waals surface area contributed by atoms with E-state index in [2.05, 4.69) is 48.4 Å². The zero-order valence-electron chi connectivity index (χ0n) is 16.8. The van der Waals surface area contributed by atoms with Crippen LogP contribution in [0.15, 0.2) is 30.6 Å². The van der Waals surface area contributed by atoms with E-state index in [0.29, 0.717) is 6.04 Å². The average Bonchev–Trinajstić information content (AvgIpc) is 3.20. The van der Waals surface area contributed by atoms with Crippen LogP contribution in [0.25, 0.3) is 22.2 Å². The van der Waals surface area contributed by atoms with E-state index in [0.717, 1.165) is 86.0 Å². The minimum absolute atomic E-state index is 0.378. The van der Waals surface area contributed by atoms with E-state index in [4.69, 9.17) is 4.74 Å². The van der Waals surface area contributed by atoms with Gasteiger partial charge in [0.05, 0.1) is 10.9 Å². The highest BCUT2D eigenvalue weighted by molar-refractivity contribution is 6.00. The van der Waals surface area contributed by atoms with Crippen molar-refractivity contribution in [1.82, 2.24) is 25.1 Å². The van der Waals surface area contributed by atoms with E-state index in [1.165, 1.54) is 0 Å². The van der Waals surface area contributed by atoms with Gasteiger partial charge in [-0.15, -0.1) is 0 Å². The third kappa shape index (κ3) is 3.77. The lowest BCUT2D eigenvalue weighted by molar-refractivity contribution is 0.0904. The molecule has 0 radical (unpaired) electrons. The van der Waals surface area contributed by atoms with E-state index in [1.54, 1.807) is 0 Å². The van der Waals surface area contributed by atoms with Crippen molar-refractivity contribution in [3.8, 4) is 11.3 Å². The fraction of sp³-hybridized carbons (Fsp3) is 0.476. The Morgan fingerprint density at radius 1 is 1.07 bits per heavy atom. The van der Waals surface area contributed by atoms with Crippen LogP contribution in [0.3, 0.4) is 0 Å². The summed E-state index contributed by atoms with van der Waals surface area (Å²) in [7, 11) is 2.16. The third-order valence-electron chi connectivity index (χ3n) is 5.88. The molecule has 5 rings (SSSR count). The lowest BCUT2D eigenvalue weighted by Crippen LogP contribution is -2.44. The number of piperazine rings is 1. The molecule has 3 aromatic rings. The van der Waals surface area contributed by atoms with Crippen molar-refractivity contribution in [3.63, 3.8) is 0 Å². The Balaban J connectivity index is 1.48. The lowest BCUT2D eigenvalue weighted by Gasteiger charge is -2.33. The Morgan fingerprint density at radius 3 is 2.69 bits per heavy atom. The summed E-state index contributed by atoms with van der Waals surface area (Å²) in [5.74, 6) is 1.89. The van der Waals surface area contributed by atoms with Gasteiger partial charge in [0.25, 0.3) is 0 Å². The van der Waals surface area contributed by atoms with Gasteiger partial charge < -0.3 is 19.9 Å². The van der Waals surface area contributed by atoms with E-state index < -0.39 is 0 Å². The number of H-pyrrole nitrogens is 1. The molecule has 29 heavy (non-hydrogen) atoms. The summed E-state index contributed by atoms with van der Waals surface area (Å²) in [6, 6.07) is 6.53. The molecule has 2 aliphatic rings. The van der Waals surface area contributed by atoms with Crippen molar-refractivity contribution < 1.29 is 4.74 Å². The molecule has 0 amide bonds. The largest absolute Gasteiger partial charge is 0.381 e. The van der Waals surface area contributed by atoms with Crippen LogP contribution in [-0.4, -0.2) is 77.5 Å². The molecule has 152 valence electrons. The molecule has 0 spiro atoms. The van der Waals surface area contributed by atoms with Crippen LogP contribution >= 0.6 is 0 Å². The number of ether oxygens (including phenoxy) is 1.